The van der Waals surface area contributed by atoms with Crippen molar-refractivity contribution in [1.29, 1.82) is 0 Å². The van der Waals surface area contributed by atoms with E-state index in [4.69, 9.17) is 15.9 Å². The van der Waals surface area contributed by atoms with Crippen LogP contribution in [0.15, 0.2) is 0 Å². The molecule has 0 aliphatic heterocycles. The number of hydrogen-bond acceptors (Lipinski definition) is 6. The van der Waals surface area contributed by atoms with Crippen molar-refractivity contribution in [3.63, 3.8) is 0 Å². The highest BCUT2D eigenvalue weighted by molar-refractivity contribution is 7.98. The van der Waals surface area contributed by atoms with Gasteiger partial charge in [-0.15, -0.1) is 0 Å². The Kier molecular flexibility index (Phi) is 10.8. The molecule has 9 nitrogen and oxygen atoms in total. The van der Waals surface area contributed by atoms with Crippen molar-refractivity contribution in [2.45, 2.75) is 51.2 Å². The van der Waals surface area contributed by atoms with E-state index in [1.165, 1.54) is 0 Å². The van der Waals surface area contributed by atoms with Crippen LogP contribution < -0.4 is 16.4 Å². The lowest BCUT2D eigenvalue weighted by Gasteiger charge is -2.23. The predicted molar refractivity (Wildman–Crippen MR) is 94.2 cm³/mol. The first-order chi connectivity index (χ1) is 11.6. The lowest BCUT2D eigenvalue weighted by atomic mass is 10.0. The molecule has 0 aliphatic carbocycles. The molecular formula is C15H27N3O6S. The van der Waals surface area contributed by atoms with Crippen LogP contribution in [0.25, 0.3) is 0 Å². The molecule has 0 aromatic rings. The molecule has 0 aromatic carbocycles. The van der Waals surface area contributed by atoms with E-state index in [0.717, 1.165) is 0 Å². The molecule has 6 N–H and O–H groups in total. The third-order valence-electron chi connectivity index (χ3n) is 3.30. The summed E-state index contributed by atoms with van der Waals surface area (Å²) in [5.74, 6) is -3.32. The standard InChI is InChI=1S/C15H27N3O6S/c1-8(2)6-10(17-13(21)9(16)4-5-25-3)14(22)18-11(15(23)24)7-12(19)20/h8-11H,4-7,16H2,1-3H3,(H,17,21)(H,18,22)(H,19,20)(H,23,24)/t9-,10-,11-/m0/s1. The van der Waals surface area contributed by atoms with E-state index in [0.29, 0.717) is 12.2 Å². The Morgan fingerprint density at radius 1 is 1.04 bits per heavy atom. The van der Waals surface area contributed by atoms with Crippen molar-refractivity contribution >= 4 is 35.5 Å². The minimum absolute atomic E-state index is 0.0428. The van der Waals surface area contributed by atoms with Gasteiger partial charge in [-0.25, -0.2) is 4.79 Å². The summed E-state index contributed by atoms with van der Waals surface area (Å²) < 4.78 is 0. The third kappa shape index (κ3) is 9.92. The molecule has 0 saturated carbocycles. The summed E-state index contributed by atoms with van der Waals surface area (Å²) in [7, 11) is 0. The van der Waals surface area contributed by atoms with Gasteiger partial charge in [-0.1, -0.05) is 13.8 Å². The van der Waals surface area contributed by atoms with Crippen LogP contribution in [0.1, 0.15) is 33.1 Å². The van der Waals surface area contributed by atoms with Crippen LogP contribution in [0.5, 0.6) is 0 Å². The maximum absolute atomic E-state index is 12.3. The van der Waals surface area contributed by atoms with Crippen molar-refractivity contribution in [2.24, 2.45) is 11.7 Å². The Morgan fingerprint density at radius 2 is 1.60 bits per heavy atom. The average molecular weight is 377 g/mol. The number of nitrogens with one attached hydrogen (secondary N) is 2. The molecule has 10 heteroatoms. The van der Waals surface area contributed by atoms with Crippen LogP contribution in [-0.2, 0) is 19.2 Å². The smallest absolute Gasteiger partial charge is 0.326 e. The van der Waals surface area contributed by atoms with Crippen LogP contribution >= 0.6 is 11.8 Å². The van der Waals surface area contributed by atoms with E-state index in [-0.39, 0.29) is 12.3 Å². The van der Waals surface area contributed by atoms with E-state index in [1.807, 2.05) is 20.1 Å². The van der Waals surface area contributed by atoms with Gasteiger partial charge in [0.1, 0.15) is 12.1 Å². The van der Waals surface area contributed by atoms with Crippen LogP contribution in [0.2, 0.25) is 0 Å². The molecule has 0 fully saturated rings. The Hall–Kier alpha value is -1.81. The highest BCUT2D eigenvalue weighted by Gasteiger charge is 2.29. The number of carboxylic acid groups (broad SMARTS) is 2. The fourth-order valence-corrected chi connectivity index (χ4v) is 2.49. The topological polar surface area (TPSA) is 159 Å². The van der Waals surface area contributed by atoms with E-state index in [2.05, 4.69) is 10.6 Å². The zero-order valence-electron chi connectivity index (χ0n) is 14.7. The minimum Gasteiger partial charge on any atom is -0.481 e. The molecule has 0 saturated heterocycles. The fourth-order valence-electron chi connectivity index (χ4n) is 2.00. The Labute approximate surface area is 151 Å². The number of carbonyl (C=O) groups excluding carboxylic acids is 2. The van der Waals surface area contributed by atoms with Crippen LogP contribution in [-0.4, -0.2) is 64.1 Å². The van der Waals surface area contributed by atoms with Crippen LogP contribution in [0, 0.1) is 5.92 Å². The quantitative estimate of drug-likeness (QED) is 0.308. The molecular weight excluding hydrogens is 350 g/mol. The average Bonchev–Trinajstić information content (AvgIpc) is 2.49. The molecule has 0 aliphatic rings. The van der Waals surface area contributed by atoms with Crippen molar-refractivity contribution in [1.82, 2.24) is 10.6 Å². The lowest BCUT2D eigenvalue weighted by Crippen LogP contribution is -2.55. The van der Waals surface area contributed by atoms with Crippen molar-refractivity contribution in [3.05, 3.63) is 0 Å². The van der Waals surface area contributed by atoms with Crippen molar-refractivity contribution in [3.8, 4) is 0 Å². The summed E-state index contributed by atoms with van der Waals surface area (Å²) in [5, 5.41) is 22.4. The van der Waals surface area contributed by atoms with E-state index < -0.39 is 48.3 Å². The summed E-state index contributed by atoms with van der Waals surface area (Å²) in [6.45, 7) is 3.68. The largest absolute Gasteiger partial charge is 0.481 e. The number of aliphatic carboxylic acids is 2. The van der Waals surface area contributed by atoms with E-state index in [1.54, 1.807) is 11.8 Å². The van der Waals surface area contributed by atoms with Crippen molar-refractivity contribution in [2.75, 3.05) is 12.0 Å². The van der Waals surface area contributed by atoms with Gasteiger partial charge in [0.05, 0.1) is 12.5 Å². The van der Waals surface area contributed by atoms with Gasteiger partial charge in [0.2, 0.25) is 11.8 Å². The van der Waals surface area contributed by atoms with Gasteiger partial charge in [-0.05, 0) is 30.8 Å². The second kappa shape index (κ2) is 11.7. The Morgan fingerprint density at radius 3 is 2.04 bits per heavy atom. The Bertz CT molecular complexity index is 486. The highest BCUT2D eigenvalue weighted by atomic mass is 32.2. The molecule has 0 radical (unpaired) electrons. The number of amides is 2. The van der Waals surface area contributed by atoms with Crippen LogP contribution in [0.3, 0.4) is 0 Å². The van der Waals surface area contributed by atoms with Gasteiger partial charge in [0.15, 0.2) is 0 Å². The number of carboxylic acids is 2. The molecule has 144 valence electrons. The number of thioether (sulfide) groups is 1. The summed E-state index contributed by atoms with van der Waals surface area (Å²) in [6.07, 6.45) is 1.84. The molecule has 0 heterocycles. The molecule has 3 atom stereocenters. The summed E-state index contributed by atoms with van der Waals surface area (Å²) >= 11 is 1.54. The van der Waals surface area contributed by atoms with Gasteiger partial charge >= 0.3 is 11.9 Å². The predicted octanol–water partition coefficient (Wildman–Crippen LogP) is -0.358. The minimum atomic E-state index is -1.57. The molecule has 0 unspecified atom stereocenters. The summed E-state index contributed by atoms with van der Waals surface area (Å²) in [5.41, 5.74) is 5.77. The maximum Gasteiger partial charge on any atom is 0.326 e. The fraction of sp³-hybridized carbons (Fsp3) is 0.733. The molecule has 0 spiro atoms. The first-order valence-electron chi connectivity index (χ1n) is 7.88. The first kappa shape index (κ1) is 23.2. The second-order valence-electron chi connectivity index (χ2n) is 6.08. The van der Waals surface area contributed by atoms with Crippen LogP contribution in [0.4, 0.5) is 0 Å². The van der Waals surface area contributed by atoms with Gasteiger partial charge < -0.3 is 26.6 Å². The van der Waals surface area contributed by atoms with Gasteiger partial charge in [0, 0.05) is 0 Å². The van der Waals surface area contributed by atoms with Crippen molar-refractivity contribution < 1.29 is 29.4 Å². The van der Waals surface area contributed by atoms with Gasteiger partial charge in [0.25, 0.3) is 0 Å². The first-order valence-corrected chi connectivity index (χ1v) is 9.27. The van der Waals surface area contributed by atoms with Gasteiger partial charge in [-0.2, -0.15) is 11.8 Å². The highest BCUT2D eigenvalue weighted by Crippen LogP contribution is 2.07. The van der Waals surface area contributed by atoms with E-state index in [9.17, 15) is 19.2 Å². The summed E-state index contributed by atoms with van der Waals surface area (Å²) in [6, 6.07) is -3.32. The SMILES string of the molecule is CSCC[C@H](N)C(=O)N[C@@H](CC(C)C)C(=O)N[C@@H](CC(=O)O)C(=O)O. The maximum atomic E-state index is 12.3. The third-order valence-corrected chi connectivity index (χ3v) is 3.95. The van der Waals surface area contributed by atoms with E-state index >= 15 is 0 Å². The second-order valence-corrected chi connectivity index (χ2v) is 7.06. The lowest BCUT2D eigenvalue weighted by molar-refractivity contribution is -0.147. The summed E-state index contributed by atoms with van der Waals surface area (Å²) in [4.78, 5) is 46.2. The molecule has 25 heavy (non-hydrogen) atoms. The molecule has 0 rings (SSSR count). The number of rotatable bonds is 12. The number of nitrogens with two attached hydrogens (primary N) is 1. The zero-order chi connectivity index (χ0) is 19.6. The van der Waals surface area contributed by atoms with Gasteiger partial charge in [-0.3, -0.25) is 14.4 Å². The normalized spacial score (nSPS) is 14.4. The molecule has 2 amide bonds. The Balaban J connectivity index is 4.99. The number of carbonyl (C=O) groups is 4. The molecule has 0 bridgehead atoms. The monoisotopic (exact) mass is 377 g/mol. The molecule has 0 aromatic heterocycles. The number of hydrogen-bond donors (Lipinski definition) is 5. The zero-order valence-corrected chi connectivity index (χ0v) is 15.5.